The van der Waals surface area contributed by atoms with E-state index in [4.69, 9.17) is 9.47 Å². The quantitative estimate of drug-likeness (QED) is 0.0261. The van der Waals surface area contributed by atoms with Crippen molar-refractivity contribution < 1.29 is 39.8 Å². The van der Waals surface area contributed by atoms with E-state index in [1.807, 2.05) is 6.08 Å². The molecule has 1 aliphatic heterocycles. The average Bonchev–Trinajstić information content (AvgIpc) is 3.32. The number of aliphatic hydroxyl groups is 5. The predicted octanol–water partition coefficient (Wildman–Crippen LogP) is 13.6. The number of hydrogen-bond acceptors (Lipinski definition) is 8. The molecule has 7 atom stereocenters. The standard InChI is InChI=1S/C57H107NO8/c1-3-5-7-9-11-13-15-17-19-20-21-22-23-24-25-26-27-28-29-30-31-33-35-37-39-41-43-45-47-53(61)58-50(49-65-57-56(64)55(63)54(62)52(48-59)66-57)51(60)46-44-42-40-38-36-34-32-18-16-14-12-10-8-6-4-2/h24-25,36,38,44,46,50-52,54-57,59-60,62-64H,3-23,26-35,37,39-43,45,47-49H2,1-2H3,(H,58,61)/b25-24-,38-36+,46-44+. The Morgan fingerprint density at radius 3 is 1.27 bits per heavy atom. The normalized spacial score (nSPS) is 20.0. The number of hydrogen-bond donors (Lipinski definition) is 6. The lowest BCUT2D eigenvalue weighted by molar-refractivity contribution is -0.302. The minimum atomic E-state index is -1.57. The summed E-state index contributed by atoms with van der Waals surface area (Å²) in [5.41, 5.74) is 0. The maximum Gasteiger partial charge on any atom is 0.220 e. The molecule has 1 heterocycles. The van der Waals surface area contributed by atoms with Crippen LogP contribution in [0, 0.1) is 0 Å². The summed E-state index contributed by atoms with van der Waals surface area (Å²) in [7, 11) is 0. The van der Waals surface area contributed by atoms with Gasteiger partial charge in [-0.15, -0.1) is 0 Å². The molecular weight excluding hydrogens is 827 g/mol. The van der Waals surface area contributed by atoms with Crippen molar-refractivity contribution in [3.63, 3.8) is 0 Å². The van der Waals surface area contributed by atoms with Gasteiger partial charge in [0.25, 0.3) is 0 Å². The summed E-state index contributed by atoms with van der Waals surface area (Å²) in [6, 6.07) is -0.820. The van der Waals surface area contributed by atoms with Gasteiger partial charge in [-0.1, -0.05) is 237 Å². The van der Waals surface area contributed by atoms with Gasteiger partial charge in [-0.2, -0.15) is 0 Å². The highest BCUT2D eigenvalue weighted by atomic mass is 16.7. The van der Waals surface area contributed by atoms with Crippen molar-refractivity contribution in [3.05, 3.63) is 36.5 Å². The zero-order valence-electron chi connectivity index (χ0n) is 43.0. The number of unbranched alkanes of at least 4 members (excludes halogenated alkanes) is 34. The smallest absolute Gasteiger partial charge is 0.220 e. The molecule has 388 valence electrons. The summed E-state index contributed by atoms with van der Waals surface area (Å²) in [6.45, 7) is 3.78. The van der Waals surface area contributed by atoms with Crippen molar-refractivity contribution >= 4 is 5.91 Å². The van der Waals surface area contributed by atoms with Crippen LogP contribution in [-0.2, 0) is 14.3 Å². The van der Waals surface area contributed by atoms with E-state index in [-0.39, 0.29) is 12.5 Å². The second-order valence-corrected chi connectivity index (χ2v) is 19.7. The lowest BCUT2D eigenvalue weighted by Crippen LogP contribution is -2.60. The monoisotopic (exact) mass is 934 g/mol. The van der Waals surface area contributed by atoms with Crippen molar-refractivity contribution in [2.24, 2.45) is 0 Å². The lowest BCUT2D eigenvalue weighted by Gasteiger charge is -2.40. The van der Waals surface area contributed by atoms with Crippen LogP contribution in [-0.4, -0.2) is 87.5 Å². The molecule has 0 bridgehead atoms. The number of rotatable bonds is 48. The highest BCUT2D eigenvalue weighted by molar-refractivity contribution is 5.76. The first-order valence-electron chi connectivity index (χ1n) is 28.2. The molecule has 0 aromatic heterocycles. The summed E-state index contributed by atoms with van der Waals surface area (Å²) in [5, 5.41) is 54.4. The Bertz CT molecular complexity index is 1130. The Hall–Kier alpha value is -1.59. The molecule has 0 aliphatic carbocycles. The van der Waals surface area contributed by atoms with E-state index in [2.05, 4.69) is 43.5 Å². The Labute approximate surface area is 406 Å². The molecule has 1 rings (SSSR count). The number of aliphatic hydroxyl groups excluding tert-OH is 5. The molecule has 0 aromatic carbocycles. The number of carbonyl (C=O) groups excluding carboxylic acids is 1. The number of allylic oxidation sites excluding steroid dienone is 5. The van der Waals surface area contributed by atoms with Crippen LogP contribution in [0.3, 0.4) is 0 Å². The fourth-order valence-electron chi connectivity index (χ4n) is 8.93. The number of amides is 1. The number of nitrogens with one attached hydrogen (secondary N) is 1. The average molecular weight is 934 g/mol. The summed E-state index contributed by atoms with van der Waals surface area (Å²) in [6.07, 6.45) is 53.6. The molecule has 0 aromatic rings. The van der Waals surface area contributed by atoms with Crippen LogP contribution in [0.4, 0.5) is 0 Å². The summed E-state index contributed by atoms with van der Waals surface area (Å²) >= 11 is 0. The molecule has 0 saturated carbocycles. The predicted molar refractivity (Wildman–Crippen MR) is 276 cm³/mol. The SMILES string of the molecule is CCCCCCCCCCC/C=C/CC/C=C/C(O)C(COC1OC(CO)C(O)C(O)C1O)NC(=O)CCCCCCCCCCCCCC/C=C\CCCCCCCCCCCCCC. The molecule has 0 radical (unpaired) electrons. The molecule has 6 N–H and O–H groups in total. The van der Waals surface area contributed by atoms with Gasteiger partial charge in [-0.25, -0.2) is 0 Å². The summed E-state index contributed by atoms with van der Waals surface area (Å²) < 4.78 is 11.2. The van der Waals surface area contributed by atoms with E-state index < -0.39 is 49.5 Å². The van der Waals surface area contributed by atoms with E-state index in [1.165, 1.54) is 205 Å². The highest BCUT2D eigenvalue weighted by Crippen LogP contribution is 2.23. The largest absolute Gasteiger partial charge is 0.394 e. The molecular formula is C57H107NO8. The van der Waals surface area contributed by atoms with Crippen LogP contribution in [0.5, 0.6) is 0 Å². The molecule has 1 amide bonds. The minimum absolute atomic E-state index is 0.185. The van der Waals surface area contributed by atoms with Gasteiger partial charge < -0.3 is 40.3 Å². The van der Waals surface area contributed by atoms with E-state index in [1.54, 1.807) is 6.08 Å². The molecule has 1 fully saturated rings. The van der Waals surface area contributed by atoms with Crippen LogP contribution >= 0.6 is 0 Å². The second kappa shape index (κ2) is 47.1. The zero-order valence-corrected chi connectivity index (χ0v) is 43.0. The summed E-state index contributed by atoms with van der Waals surface area (Å²) in [5.74, 6) is -0.185. The van der Waals surface area contributed by atoms with Crippen molar-refractivity contribution in [3.8, 4) is 0 Å². The maximum atomic E-state index is 13.0. The van der Waals surface area contributed by atoms with Crippen LogP contribution in [0.1, 0.15) is 264 Å². The van der Waals surface area contributed by atoms with Gasteiger partial charge in [-0.05, 0) is 57.8 Å². The first kappa shape index (κ1) is 62.4. The number of carbonyl (C=O) groups is 1. The Morgan fingerprint density at radius 2 is 0.864 bits per heavy atom. The van der Waals surface area contributed by atoms with Crippen molar-refractivity contribution in [2.45, 2.75) is 307 Å². The third kappa shape index (κ3) is 36.4. The first-order chi connectivity index (χ1) is 32.3. The van der Waals surface area contributed by atoms with Crippen LogP contribution in [0.25, 0.3) is 0 Å². The van der Waals surface area contributed by atoms with Crippen LogP contribution in [0.15, 0.2) is 36.5 Å². The maximum absolute atomic E-state index is 13.0. The molecule has 0 spiro atoms. The Balaban J connectivity index is 2.20. The van der Waals surface area contributed by atoms with E-state index in [0.29, 0.717) is 6.42 Å². The lowest BCUT2D eigenvalue weighted by atomic mass is 9.99. The van der Waals surface area contributed by atoms with Gasteiger partial charge in [0.2, 0.25) is 5.91 Å². The second-order valence-electron chi connectivity index (χ2n) is 19.7. The van der Waals surface area contributed by atoms with E-state index in [9.17, 15) is 30.3 Å². The highest BCUT2D eigenvalue weighted by Gasteiger charge is 2.44. The molecule has 1 aliphatic rings. The molecule has 66 heavy (non-hydrogen) atoms. The fraction of sp³-hybridized carbons (Fsp3) is 0.877. The first-order valence-corrected chi connectivity index (χ1v) is 28.2. The van der Waals surface area contributed by atoms with Gasteiger partial charge in [-0.3, -0.25) is 4.79 Å². The number of ether oxygens (including phenoxy) is 2. The van der Waals surface area contributed by atoms with Crippen molar-refractivity contribution in [1.82, 2.24) is 5.32 Å². The molecule has 1 saturated heterocycles. The molecule has 7 unspecified atom stereocenters. The summed E-state index contributed by atoms with van der Waals surface area (Å²) in [4.78, 5) is 13.0. The van der Waals surface area contributed by atoms with Gasteiger partial charge in [0.1, 0.15) is 24.4 Å². The van der Waals surface area contributed by atoms with E-state index in [0.717, 1.165) is 38.5 Å². The van der Waals surface area contributed by atoms with Gasteiger partial charge in [0.05, 0.1) is 25.4 Å². The van der Waals surface area contributed by atoms with Crippen molar-refractivity contribution in [2.75, 3.05) is 13.2 Å². The van der Waals surface area contributed by atoms with Crippen LogP contribution in [0.2, 0.25) is 0 Å². The van der Waals surface area contributed by atoms with Crippen molar-refractivity contribution in [1.29, 1.82) is 0 Å². The van der Waals surface area contributed by atoms with E-state index >= 15 is 0 Å². The van der Waals surface area contributed by atoms with Gasteiger partial charge in [0.15, 0.2) is 6.29 Å². The minimum Gasteiger partial charge on any atom is -0.394 e. The van der Waals surface area contributed by atoms with Gasteiger partial charge in [0, 0.05) is 6.42 Å². The third-order valence-electron chi connectivity index (χ3n) is 13.4. The van der Waals surface area contributed by atoms with Crippen LogP contribution < -0.4 is 5.32 Å². The zero-order chi connectivity index (χ0) is 48.0. The molecule has 9 nitrogen and oxygen atoms in total. The fourth-order valence-corrected chi connectivity index (χ4v) is 8.93. The third-order valence-corrected chi connectivity index (χ3v) is 13.4. The molecule has 9 heteroatoms. The Kier molecular flexibility index (Phi) is 44.6. The van der Waals surface area contributed by atoms with Gasteiger partial charge >= 0.3 is 0 Å². The Morgan fingerprint density at radius 1 is 0.500 bits per heavy atom. The topological polar surface area (TPSA) is 149 Å².